The molecule has 0 unspecified atom stereocenters. The van der Waals surface area contributed by atoms with Gasteiger partial charge in [-0.2, -0.15) is 4.31 Å². The molecule has 0 radical (unpaired) electrons. The number of hydrogen-bond acceptors (Lipinski definition) is 7. The Bertz CT molecular complexity index is 1340. The topological polar surface area (TPSA) is 119 Å². The van der Waals surface area contributed by atoms with Crippen LogP contribution < -0.4 is 0 Å². The molecular formula is C22H21N3O6S. The number of aromatic amines is 1. The minimum Gasteiger partial charge on any atom is -0.465 e. The lowest BCUT2D eigenvalue weighted by atomic mass is 10.0. The fourth-order valence-electron chi connectivity index (χ4n) is 3.73. The molecule has 1 N–H and O–H groups in total. The number of pyridine rings is 1. The van der Waals surface area contributed by atoms with Gasteiger partial charge in [-0.1, -0.05) is 6.08 Å². The lowest BCUT2D eigenvalue weighted by Gasteiger charge is -2.26. The van der Waals surface area contributed by atoms with Gasteiger partial charge in [-0.3, -0.25) is 0 Å². The van der Waals surface area contributed by atoms with E-state index in [1.54, 1.807) is 6.20 Å². The molecule has 1 aromatic carbocycles. The van der Waals surface area contributed by atoms with E-state index in [4.69, 9.17) is 4.74 Å². The molecule has 166 valence electrons. The van der Waals surface area contributed by atoms with Gasteiger partial charge in [0.1, 0.15) is 5.65 Å². The van der Waals surface area contributed by atoms with Crippen LogP contribution in [0.15, 0.2) is 53.7 Å². The van der Waals surface area contributed by atoms with Crippen LogP contribution >= 0.6 is 0 Å². The third-order valence-corrected chi connectivity index (χ3v) is 7.30. The summed E-state index contributed by atoms with van der Waals surface area (Å²) in [6, 6.07) is 7.55. The van der Waals surface area contributed by atoms with Crippen molar-refractivity contribution in [1.82, 2.24) is 14.3 Å². The van der Waals surface area contributed by atoms with Gasteiger partial charge in [0.2, 0.25) is 10.0 Å². The van der Waals surface area contributed by atoms with Crippen molar-refractivity contribution in [3.05, 3.63) is 65.5 Å². The molecule has 1 aliphatic rings. The molecule has 0 saturated heterocycles. The number of benzene rings is 1. The van der Waals surface area contributed by atoms with E-state index in [-0.39, 0.29) is 29.1 Å². The summed E-state index contributed by atoms with van der Waals surface area (Å²) in [5.74, 6) is -1.51. The second kappa shape index (κ2) is 8.56. The van der Waals surface area contributed by atoms with Crippen LogP contribution in [0.3, 0.4) is 0 Å². The first-order valence-corrected chi connectivity index (χ1v) is 11.2. The number of esters is 2. The Hall–Kier alpha value is -3.50. The molecule has 32 heavy (non-hydrogen) atoms. The van der Waals surface area contributed by atoms with Crippen molar-refractivity contribution in [2.24, 2.45) is 0 Å². The molecule has 3 aromatic rings. The van der Waals surface area contributed by atoms with Crippen LogP contribution in [0.25, 0.3) is 16.6 Å². The van der Waals surface area contributed by atoms with Crippen molar-refractivity contribution in [2.75, 3.05) is 27.3 Å². The minimum atomic E-state index is -4.09. The first-order chi connectivity index (χ1) is 15.4. The number of ether oxygens (including phenoxy) is 2. The fraction of sp³-hybridized carbons (Fsp3) is 0.227. The summed E-state index contributed by atoms with van der Waals surface area (Å²) in [4.78, 5) is 31.3. The minimum absolute atomic E-state index is 0.0262. The van der Waals surface area contributed by atoms with Gasteiger partial charge in [-0.25, -0.2) is 23.0 Å². The third-order valence-electron chi connectivity index (χ3n) is 5.39. The number of sulfonamides is 1. The highest BCUT2D eigenvalue weighted by atomic mass is 32.2. The van der Waals surface area contributed by atoms with Gasteiger partial charge < -0.3 is 14.5 Å². The molecule has 2 aromatic heterocycles. The number of carbonyl (C=O) groups is 2. The normalized spacial score (nSPS) is 14.8. The molecule has 9 nitrogen and oxygen atoms in total. The molecule has 1 aliphatic heterocycles. The molecule has 0 amide bonds. The fourth-order valence-corrected chi connectivity index (χ4v) is 5.32. The van der Waals surface area contributed by atoms with Crippen molar-refractivity contribution < 1.29 is 27.5 Å². The summed E-state index contributed by atoms with van der Waals surface area (Å²) < 4.78 is 37.5. The van der Waals surface area contributed by atoms with Crippen LogP contribution in [0.2, 0.25) is 0 Å². The Kier molecular flexibility index (Phi) is 5.81. The van der Waals surface area contributed by atoms with Crippen LogP contribution in [-0.4, -0.2) is 61.9 Å². The lowest BCUT2D eigenvalue weighted by Crippen LogP contribution is -2.35. The maximum atomic E-state index is 13.4. The maximum absolute atomic E-state index is 13.4. The van der Waals surface area contributed by atoms with Gasteiger partial charge in [0, 0.05) is 36.4 Å². The number of fused-ring (bicyclic) bond motifs is 1. The SMILES string of the molecule is COC(=O)c1ccc(C(=O)OC)c(S(=O)(=O)N2CC=C(c3c[nH]c4ncccc34)CC2)c1. The highest BCUT2D eigenvalue weighted by Gasteiger charge is 2.32. The summed E-state index contributed by atoms with van der Waals surface area (Å²) in [5, 5.41) is 0.966. The molecule has 10 heteroatoms. The van der Waals surface area contributed by atoms with Crippen LogP contribution in [0, 0.1) is 0 Å². The predicted molar refractivity (Wildman–Crippen MR) is 117 cm³/mol. The molecule has 0 spiro atoms. The van der Waals surface area contributed by atoms with Crippen molar-refractivity contribution in [2.45, 2.75) is 11.3 Å². The molecule has 0 fully saturated rings. The zero-order valence-corrected chi connectivity index (χ0v) is 18.3. The standard InChI is InChI=1S/C22H21N3O6S/c1-30-21(26)15-5-6-17(22(27)31-2)19(12-15)32(28,29)25-10-7-14(8-11-25)18-13-24-20-16(18)4-3-9-23-20/h3-7,9,12-13H,8,10-11H2,1-2H3,(H,23,24). The first-order valence-electron chi connectivity index (χ1n) is 9.79. The number of rotatable bonds is 5. The van der Waals surface area contributed by atoms with E-state index in [1.165, 1.54) is 30.7 Å². The Morgan fingerprint density at radius 1 is 1.12 bits per heavy atom. The van der Waals surface area contributed by atoms with Crippen LogP contribution in [0.4, 0.5) is 0 Å². The van der Waals surface area contributed by atoms with Gasteiger partial charge in [0.05, 0.1) is 30.2 Å². The number of H-pyrrole nitrogens is 1. The van der Waals surface area contributed by atoms with Crippen LogP contribution in [0.5, 0.6) is 0 Å². The highest BCUT2D eigenvalue weighted by molar-refractivity contribution is 7.89. The van der Waals surface area contributed by atoms with Crippen LogP contribution in [-0.2, 0) is 19.5 Å². The van der Waals surface area contributed by atoms with Crippen LogP contribution in [0.1, 0.15) is 32.7 Å². The second-order valence-corrected chi connectivity index (χ2v) is 9.04. The molecule has 0 aliphatic carbocycles. The second-order valence-electron chi connectivity index (χ2n) is 7.14. The number of aromatic nitrogens is 2. The maximum Gasteiger partial charge on any atom is 0.339 e. The zero-order chi connectivity index (χ0) is 22.9. The quantitative estimate of drug-likeness (QED) is 0.588. The largest absolute Gasteiger partial charge is 0.465 e. The van der Waals surface area contributed by atoms with E-state index in [0.29, 0.717) is 6.42 Å². The number of nitrogens with one attached hydrogen (secondary N) is 1. The molecule has 0 bridgehead atoms. The summed E-state index contributed by atoms with van der Waals surface area (Å²) in [6.45, 7) is 0.331. The summed E-state index contributed by atoms with van der Waals surface area (Å²) in [7, 11) is -1.72. The van der Waals surface area contributed by atoms with E-state index in [2.05, 4.69) is 14.7 Å². The summed E-state index contributed by atoms with van der Waals surface area (Å²) in [5.41, 5.74) is 2.64. The molecule has 4 rings (SSSR count). The van der Waals surface area contributed by atoms with E-state index in [0.717, 1.165) is 28.2 Å². The number of nitrogens with zero attached hydrogens (tertiary/aromatic N) is 2. The summed E-state index contributed by atoms with van der Waals surface area (Å²) in [6.07, 6.45) is 5.89. The molecule has 3 heterocycles. The Labute approximate surface area is 184 Å². The number of carbonyl (C=O) groups excluding carboxylic acids is 2. The first kappa shape index (κ1) is 21.7. The smallest absolute Gasteiger partial charge is 0.339 e. The monoisotopic (exact) mass is 455 g/mol. The van der Waals surface area contributed by atoms with E-state index in [1.807, 2.05) is 24.4 Å². The van der Waals surface area contributed by atoms with Gasteiger partial charge in [0.25, 0.3) is 0 Å². The van der Waals surface area contributed by atoms with Crippen molar-refractivity contribution in [1.29, 1.82) is 0 Å². The highest BCUT2D eigenvalue weighted by Crippen LogP contribution is 2.31. The summed E-state index contributed by atoms with van der Waals surface area (Å²) >= 11 is 0. The Morgan fingerprint density at radius 2 is 1.91 bits per heavy atom. The Balaban J connectivity index is 1.68. The van der Waals surface area contributed by atoms with Gasteiger partial charge in [0.15, 0.2) is 0 Å². The van der Waals surface area contributed by atoms with E-state index >= 15 is 0 Å². The van der Waals surface area contributed by atoms with Gasteiger partial charge >= 0.3 is 11.9 Å². The molecular weight excluding hydrogens is 434 g/mol. The lowest BCUT2D eigenvalue weighted by molar-refractivity contribution is 0.0583. The van der Waals surface area contributed by atoms with Gasteiger partial charge in [-0.15, -0.1) is 0 Å². The average Bonchev–Trinajstić information content (AvgIpc) is 3.27. The number of hydrogen-bond donors (Lipinski definition) is 1. The molecule has 0 atom stereocenters. The Morgan fingerprint density at radius 3 is 2.59 bits per heavy atom. The zero-order valence-electron chi connectivity index (χ0n) is 17.5. The molecule has 0 saturated carbocycles. The number of methoxy groups -OCH3 is 2. The van der Waals surface area contributed by atoms with Crippen molar-refractivity contribution >= 4 is 38.6 Å². The van der Waals surface area contributed by atoms with E-state index < -0.39 is 22.0 Å². The van der Waals surface area contributed by atoms with Crippen molar-refractivity contribution in [3.63, 3.8) is 0 Å². The average molecular weight is 455 g/mol. The van der Waals surface area contributed by atoms with E-state index in [9.17, 15) is 18.0 Å². The third kappa shape index (κ3) is 3.78. The van der Waals surface area contributed by atoms with Gasteiger partial charge in [-0.05, 0) is 42.3 Å². The van der Waals surface area contributed by atoms with Crippen molar-refractivity contribution in [3.8, 4) is 0 Å². The predicted octanol–water partition coefficient (Wildman–Crippen LogP) is 2.61.